The molecule has 0 aliphatic carbocycles. The third-order valence-electron chi connectivity index (χ3n) is 6.20. The Labute approximate surface area is 211 Å². The number of hydrogen-bond donors (Lipinski definition) is 0. The van der Waals surface area contributed by atoms with E-state index in [4.69, 9.17) is 4.74 Å². The maximum atomic E-state index is 13.8. The molecule has 0 bridgehead atoms. The van der Waals surface area contributed by atoms with Crippen LogP contribution >= 0.6 is 0 Å². The van der Waals surface area contributed by atoms with Crippen LogP contribution in [0.1, 0.15) is 54.6 Å². The van der Waals surface area contributed by atoms with Crippen LogP contribution in [0.3, 0.4) is 0 Å². The molecule has 6 heteroatoms. The summed E-state index contributed by atoms with van der Waals surface area (Å²) in [5.41, 5.74) is 6.10. The van der Waals surface area contributed by atoms with Crippen LogP contribution in [0, 0.1) is 18.3 Å². The van der Waals surface area contributed by atoms with Crippen LogP contribution in [0.4, 0.5) is 0 Å². The number of ether oxygens (including phenoxy) is 1. The molecule has 182 valence electrons. The minimum Gasteiger partial charge on any atom is -0.491 e. The molecule has 2 aromatic carbocycles. The van der Waals surface area contributed by atoms with Gasteiger partial charge in [0.15, 0.2) is 5.75 Å². The molecule has 0 amide bonds. The van der Waals surface area contributed by atoms with Crippen LogP contribution in [-0.2, 0) is 12.8 Å². The Morgan fingerprint density at radius 2 is 1.75 bits per heavy atom. The van der Waals surface area contributed by atoms with Crippen molar-refractivity contribution in [1.82, 2.24) is 14.5 Å². The molecule has 0 fully saturated rings. The Morgan fingerprint density at radius 1 is 1.03 bits per heavy atom. The highest BCUT2D eigenvalue weighted by Crippen LogP contribution is 2.25. The standard InChI is InChI=1S/C30H30N4O2/c1-4-6-9-24-16-21(3)34(30-32-19-26(20-33-30)36-5-2)29(35)28(24)17-22-12-14-23(15-13-22)27-11-8-7-10-25(27)18-31/h7-8,10-16,19-20H,4-6,9,17H2,1-3H3. The minimum absolute atomic E-state index is 0.0934. The van der Waals surface area contributed by atoms with Crippen molar-refractivity contribution in [3.63, 3.8) is 0 Å². The lowest BCUT2D eigenvalue weighted by Gasteiger charge is -2.16. The van der Waals surface area contributed by atoms with Crippen molar-refractivity contribution in [2.75, 3.05) is 6.61 Å². The predicted molar refractivity (Wildman–Crippen MR) is 142 cm³/mol. The molecule has 0 atom stereocenters. The second-order valence-electron chi connectivity index (χ2n) is 8.72. The van der Waals surface area contributed by atoms with Crippen LogP contribution in [0.5, 0.6) is 5.75 Å². The summed E-state index contributed by atoms with van der Waals surface area (Å²) < 4.78 is 7.03. The number of unbranched alkanes of at least 4 members (excludes halogenated alkanes) is 1. The van der Waals surface area contributed by atoms with E-state index in [9.17, 15) is 10.1 Å². The van der Waals surface area contributed by atoms with Gasteiger partial charge in [0.1, 0.15) is 0 Å². The lowest BCUT2D eigenvalue weighted by atomic mass is 9.95. The molecule has 0 N–H and O–H groups in total. The average Bonchev–Trinajstić information content (AvgIpc) is 2.91. The van der Waals surface area contributed by atoms with E-state index >= 15 is 0 Å². The van der Waals surface area contributed by atoms with Crippen molar-refractivity contribution in [3.8, 4) is 28.9 Å². The molecule has 0 saturated heterocycles. The highest BCUT2D eigenvalue weighted by molar-refractivity contribution is 5.70. The normalized spacial score (nSPS) is 10.7. The van der Waals surface area contributed by atoms with E-state index < -0.39 is 0 Å². The van der Waals surface area contributed by atoms with Crippen LogP contribution in [0.2, 0.25) is 0 Å². The second-order valence-corrected chi connectivity index (χ2v) is 8.72. The molecule has 2 aromatic heterocycles. The van der Waals surface area contributed by atoms with Crippen molar-refractivity contribution in [3.05, 3.63) is 105 Å². The summed E-state index contributed by atoms with van der Waals surface area (Å²) in [5, 5.41) is 9.44. The summed E-state index contributed by atoms with van der Waals surface area (Å²) in [4.78, 5) is 22.6. The Morgan fingerprint density at radius 3 is 2.42 bits per heavy atom. The van der Waals surface area contributed by atoms with Gasteiger partial charge in [-0.2, -0.15) is 5.26 Å². The highest BCUT2D eigenvalue weighted by atomic mass is 16.5. The molecule has 0 radical (unpaired) electrons. The molecule has 6 nitrogen and oxygen atoms in total. The summed E-state index contributed by atoms with van der Waals surface area (Å²) in [6.07, 6.45) is 6.62. The van der Waals surface area contributed by atoms with E-state index in [0.29, 0.717) is 30.3 Å². The fourth-order valence-corrected chi connectivity index (χ4v) is 4.37. The maximum absolute atomic E-state index is 13.8. The van der Waals surface area contributed by atoms with Gasteiger partial charge in [-0.15, -0.1) is 0 Å². The quantitative estimate of drug-likeness (QED) is 0.303. The topological polar surface area (TPSA) is 80.8 Å². The zero-order valence-electron chi connectivity index (χ0n) is 21.0. The summed E-state index contributed by atoms with van der Waals surface area (Å²) in [5.74, 6) is 0.914. The van der Waals surface area contributed by atoms with E-state index in [0.717, 1.165) is 52.8 Å². The molecular formula is C30H30N4O2. The van der Waals surface area contributed by atoms with Gasteiger partial charge < -0.3 is 4.74 Å². The van der Waals surface area contributed by atoms with E-state index in [-0.39, 0.29) is 5.56 Å². The SMILES string of the molecule is CCCCc1cc(C)n(-c2ncc(OCC)cn2)c(=O)c1Cc1ccc(-c2ccccc2C#N)cc1. The number of hydrogen-bond acceptors (Lipinski definition) is 5. The molecule has 4 rings (SSSR count). The van der Waals surface area contributed by atoms with Gasteiger partial charge in [0.25, 0.3) is 5.56 Å². The van der Waals surface area contributed by atoms with Gasteiger partial charge in [-0.25, -0.2) is 14.5 Å². The van der Waals surface area contributed by atoms with Crippen molar-refractivity contribution >= 4 is 0 Å². The third-order valence-corrected chi connectivity index (χ3v) is 6.20. The third kappa shape index (κ3) is 5.36. The molecule has 0 unspecified atom stereocenters. The van der Waals surface area contributed by atoms with E-state index in [1.54, 1.807) is 17.0 Å². The van der Waals surface area contributed by atoms with Crippen LogP contribution in [-0.4, -0.2) is 21.1 Å². The van der Waals surface area contributed by atoms with Crippen molar-refractivity contribution < 1.29 is 4.74 Å². The number of aryl methyl sites for hydroxylation is 2. The van der Waals surface area contributed by atoms with Crippen molar-refractivity contribution in [2.24, 2.45) is 0 Å². The summed E-state index contributed by atoms with van der Waals surface area (Å²) in [7, 11) is 0. The molecule has 2 heterocycles. The first kappa shape index (κ1) is 24.9. The first-order chi connectivity index (χ1) is 17.5. The Kier molecular flexibility index (Phi) is 7.92. The average molecular weight is 479 g/mol. The number of benzene rings is 2. The van der Waals surface area contributed by atoms with Crippen LogP contribution in [0.15, 0.2) is 71.8 Å². The van der Waals surface area contributed by atoms with Gasteiger partial charge >= 0.3 is 0 Å². The van der Waals surface area contributed by atoms with E-state index in [1.165, 1.54) is 0 Å². The maximum Gasteiger partial charge on any atom is 0.261 e. The summed E-state index contributed by atoms with van der Waals surface area (Å²) >= 11 is 0. The fourth-order valence-electron chi connectivity index (χ4n) is 4.37. The van der Waals surface area contributed by atoms with Gasteiger partial charge in [0, 0.05) is 17.7 Å². The van der Waals surface area contributed by atoms with Crippen molar-refractivity contribution in [2.45, 2.75) is 46.5 Å². The number of nitrogens with zero attached hydrogens (tertiary/aromatic N) is 4. The largest absolute Gasteiger partial charge is 0.491 e. The predicted octanol–water partition coefficient (Wildman–Crippen LogP) is 5.81. The Bertz CT molecular complexity index is 1430. The fraction of sp³-hybridized carbons (Fsp3) is 0.267. The van der Waals surface area contributed by atoms with E-state index in [2.05, 4.69) is 29.0 Å². The second kappa shape index (κ2) is 11.5. The summed E-state index contributed by atoms with van der Waals surface area (Å²) in [6, 6.07) is 20.0. The van der Waals surface area contributed by atoms with Crippen LogP contribution < -0.4 is 10.3 Å². The Balaban J connectivity index is 1.72. The first-order valence-electron chi connectivity index (χ1n) is 12.3. The van der Waals surface area contributed by atoms with Crippen LogP contribution in [0.25, 0.3) is 17.1 Å². The lowest BCUT2D eigenvalue weighted by molar-refractivity contribution is 0.337. The van der Waals surface area contributed by atoms with Gasteiger partial charge in [0.2, 0.25) is 5.95 Å². The molecular weight excluding hydrogens is 448 g/mol. The van der Waals surface area contributed by atoms with Gasteiger partial charge in [-0.1, -0.05) is 55.8 Å². The molecule has 0 aliphatic heterocycles. The smallest absolute Gasteiger partial charge is 0.261 e. The van der Waals surface area contributed by atoms with E-state index in [1.807, 2.05) is 62.4 Å². The van der Waals surface area contributed by atoms with Gasteiger partial charge in [0.05, 0.1) is 30.6 Å². The molecule has 4 aromatic rings. The Hall–Kier alpha value is -4.24. The molecule has 0 aliphatic rings. The van der Waals surface area contributed by atoms with Gasteiger partial charge in [-0.05, 0) is 61.1 Å². The minimum atomic E-state index is -0.0934. The number of rotatable bonds is 9. The molecule has 0 saturated carbocycles. The monoisotopic (exact) mass is 478 g/mol. The zero-order valence-corrected chi connectivity index (χ0v) is 21.0. The highest BCUT2D eigenvalue weighted by Gasteiger charge is 2.16. The van der Waals surface area contributed by atoms with Crippen molar-refractivity contribution in [1.29, 1.82) is 5.26 Å². The summed E-state index contributed by atoms with van der Waals surface area (Å²) in [6.45, 7) is 6.50. The van der Waals surface area contributed by atoms with Gasteiger partial charge in [-0.3, -0.25) is 4.79 Å². The first-order valence-corrected chi connectivity index (χ1v) is 12.3. The number of pyridine rings is 1. The molecule has 0 spiro atoms. The number of nitriles is 1. The molecule has 36 heavy (non-hydrogen) atoms. The number of aromatic nitrogens is 3. The lowest BCUT2D eigenvalue weighted by Crippen LogP contribution is -2.28. The zero-order chi connectivity index (χ0) is 25.5.